The van der Waals surface area contributed by atoms with E-state index >= 15 is 0 Å². The van der Waals surface area contributed by atoms with Gasteiger partial charge in [0.2, 0.25) is 10.0 Å². The zero-order valence-corrected chi connectivity index (χ0v) is 14.3. The monoisotopic (exact) mass is 363 g/mol. The van der Waals surface area contributed by atoms with Crippen molar-refractivity contribution in [2.24, 2.45) is 7.05 Å². The van der Waals surface area contributed by atoms with Crippen LogP contribution in [0.2, 0.25) is 0 Å². The van der Waals surface area contributed by atoms with Crippen molar-refractivity contribution < 1.29 is 17.3 Å². The van der Waals surface area contributed by atoms with Gasteiger partial charge < -0.3 is 4.52 Å². The Morgan fingerprint density at radius 1 is 1.20 bits per heavy atom. The Hall–Kier alpha value is -2.59. The molecule has 0 unspecified atom stereocenters. The Balaban J connectivity index is 1.71. The fourth-order valence-corrected chi connectivity index (χ4v) is 4.23. The average molecular weight is 363 g/mol. The van der Waals surface area contributed by atoms with E-state index in [2.05, 4.69) is 15.2 Å². The Kier molecular flexibility index (Phi) is 3.48. The van der Waals surface area contributed by atoms with Gasteiger partial charge >= 0.3 is 0 Å². The lowest BCUT2D eigenvalue weighted by Gasteiger charge is -2.16. The van der Waals surface area contributed by atoms with Crippen LogP contribution in [0, 0.1) is 12.7 Å². The first kappa shape index (κ1) is 15.9. The summed E-state index contributed by atoms with van der Waals surface area (Å²) < 4.78 is 46.8. The summed E-state index contributed by atoms with van der Waals surface area (Å²) >= 11 is 0. The van der Waals surface area contributed by atoms with E-state index in [1.807, 2.05) is 0 Å². The lowest BCUT2D eigenvalue weighted by Crippen LogP contribution is -2.26. The van der Waals surface area contributed by atoms with Crippen molar-refractivity contribution in [1.82, 2.24) is 24.2 Å². The molecule has 1 aliphatic rings. The molecule has 0 spiro atoms. The SMILES string of the molecule is Cc1noc(-c2nn(C)c3c2CN(S(=O)(=O)c2ccc(F)cc2)C3)n1. The molecule has 1 aliphatic heterocycles. The van der Waals surface area contributed by atoms with Crippen LogP contribution in [0.25, 0.3) is 11.6 Å². The average Bonchev–Trinajstić information content (AvgIpc) is 3.25. The molecule has 130 valence electrons. The van der Waals surface area contributed by atoms with E-state index in [0.717, 1.165) is 23.4 Å². The molecule has 2 aromatic heterocycles. The normalized spacial score (nSPS) is 14.8. The minimum atomic E-state index is -3.74. The highest BCUT2D eigenvalue weighted by Gasteiger charge is 2.36. The van der Waals surface area contributed by atoms with Gasteiger partial charge in [0.15, 0.2) is 11.5 Å². The molecule has 10 heteroatoms. The summed E-state index contributed by atoms with van der Waals surface area (Å²) in [6.07, 6.45) is 0. The molecule has 0 saturated heterocycles. The second-order valence-corrected chi connectivity index (χ2v) is 7.71. The van der Waals surface area contributed by atoms with Gasteiger partial charge in [-0.2, -0.15) is 14.4 Å². The number of nitrogens with zero attached hydrogens (tertiary/aromatic N) is 5. The molecule has 0 saturated carbocycles. The summed E-state index contributed by atoms with van der Waals surface area (Å²) in [7, 11) is -2.01. The highest BCUT2D eigenvalue weighted by molar-refractivity contribution is 7.89. The third kappa shape index (κ3) is 2.53. The van der Waals surface area contributed by atoms with Crippen LogP contribution >= 0.6 is 0 Å². The molecule has 0 aliphatic carbocycles. The Morgan fingerprint density at radius 2 is 1.92 bits per heavy atom. The number of hydrogen-bond donors (Lipinski definition) is 0. The maximum atomic E-state index is 13.1. The van der Waals surface area contributed by atoms with Gasteiger partial charge in [-0.3, -0.25) is 4.68 Å². The van der Waals surface area contributed by atoms with Gasteiger partial charge in [-0.1, -0.05) is 5.16 Å². The van der Waals surface area contributed by atoms with Crippen LogP contribution < -0.4 is 0 Å². The summed E-state index contributed by atoms with van der Waals surface area (Å²) in [5, 5.41) is 8.11. The van der Waals surface area contributed by atoms with E-state index in [-0.39, 0.29) is 23.9 Å². The molecule has 3 heterocycles. The molecule has 0 amide bonds. The predicted octanol–water partition coefficient (Wildman–Crippen LogP) is 1.62. The minimum absolute atomic E-state index is 0.0462. The van der Waals surface area contributed by atoms with Crippen LogP contribution in [-0.4, -0.2) is 32.6 Å². The Labute approximate surface area is 142 Å². The van der Waals surface area contributed by atoms with Crippen LogP contribution in [0.3, 0.4) is 0 Å². The van der Waals surface area contributed by atoms with Gasteiger partial charge in [0.05, 0.1) is 17.1 Å². The summed E-state index contributed by atoms with van der Waals surface area (Å²) in [4.78, 5) is 4.21. The quantitative estimate of drug-likeness (QED) is 0.702. The number of aryl methyl sites for hydroxylation is 2. The van der Waals surface area contributed by atoms with E-state index in [1.54, 1.807) is 18.7 Å². The highest BCUT2D eigenvalue weighted by atomic mass is 32.2. The topological polar surface area (TPSA) is 94.1 Å². The predicted molar refractivity (Wildman–Crippen MR) is 84.1 cm³/mol. The smallest absolute Gasteiger partial charge is 0.278 e. The van der Waals surface area contributed by atoms with Gasteiger partial charge in [-0.25, -0.2) is 12.8 Å². The molecule has 3 aromatic rings. The molecule has 1 aromatic carbocycles. The Bertz CT molecular complexity index is 1060. The fourth-order valence-electron chi connectivity index (χ4n) is 2.86. The van der Waals surface area contributed by atoms with Crippen molar-refractivity contribution in [1.29, 1.82) is 0 Å². The number of rotatable bonds is 3. The lowest BCUT2D eigenvalue weighted by molar-refractivity contribution is 0.413. The van der Waals surface area contributed by atoms with Crippen LogP contribution in [-0.2, 0) is 30.2 Å². The van der Waals surface area contributed by atoms with Crippen LogP contribution in [0.4, 0.5) is 4.39 Å². The van der Waals surface area contributed by atoms with Crippen molar-refractivity contribution in [2.45, 2.75) is 24.9 Å². The minimum Gasteiger partial charge on any atom is -0.332 e. The molecule has 4 rings (SSSR count). The molecule has 25 heavy (non-hydrogen) atoms. The van der Waals surface area contributed by atoms with Crippen LogP contribution in [0.1, 0.15) is 17.1 Å². The van der Waals surface area contributed by atoms with E-state index < -0.39 is 15.8 Å². The van der Waals surface area contributed by atoms with Crippen LogP contribution in [0.5, 0.6) is 0 Å². The summed E-state index contributed by atoms with van der Waals surface area (Å²) in [5.41, 5.74) is 1.98. The largest absolute Gasteiger partial charge is 0.332 e. The number of sulfonamides is 1. The number of hydrogen-bond acceptors (Lipinski definition) is 6. The van der Waals surface area contributed by atoms with Crippen molar-refractivity contribution in [2.75, 3.05) is 0 Å². The van der Waals surface area contributed by atoms with Gasteiger partial charge in [-0.15, -0.1) is 0 Å². The van der Waals surface area contributed by atoms with E-state index in [0.29, 0.717) is 11.5 Å². The second-order valence-electron chi connectivity index (χ2n) is 5.77. The molecule has 0 atom stereocenters. The molecular weight excluding hydrogens is 349 g/mol. The van der Waals surface area contributed by atoms with E-state index in [1.165, 1.54) is 16.4 Å². The Morgan fingerprint density at radius 3 is 2.56 bits per heavy atom. The third-order valence-electron chi connectivity index (χ3n) is 4.12. The number of fused-ring (bicyclic) bond motifs is 1. The maximum absolute atomic E-state index is 13.1. The second kappa shape index (κ2) is 5.46. The maximum Gasteiger partial charge on any atom is 0.278 e. The van der Waals surface area contributed by atoms with Gasteiger partial charge in [0, 0.05) is 19.2 Å². The van der Waals surface area contributed by atoms with Gasteiger partial charge in [-0.05, 0) is 31.2 Å². The summed E-state index contributed by atoms with van der Waals surface area (Å²) in [5.74, 6) is 0.250. The van der Waals surface area contributed by atoms with Gasteiger partial charge in [0.25, 0.3) is 5.89 Å². The van der Waals surface area contributed by atoms with Crippen molar-refractivity contribution in [3.05, 3.63) is 47.2 Å². The standard InChI is InChI=1S/C15H14FN5O3S/c1-9-17-15(24-19-9)14-12-7-21(8-13(12)20(2)18-14)25(22,23)11-5-3-10(16)4-6-11/h3-6H,7-8H2,1-2H3. The third-order valence-corrected chi connectivity index (χ3v) is 5.92. The lowest BCUT2D eigenvalue weighted by atomic mass is 10.2. The molecule has 0 N–H and O–H groups in total. The number of aromatic nitrogens is 4. The molecule has 0 bridgehead atoms. The zero-order chi connectivity index (χ0) is 17.8. The molecular formula is C15H14FN5O3S. The number of benzene rings is 1. The van der Waals surface area contributed by atoms with Crippen molar-refractivity contribution in [3.8, 4) is 11.6 Å². The first-order valence-corrected chi connectivity index (χ1v) is 8.91. The number of halogens is 1. The fraction of sp³-hybridized carbons (Fsp3) is 0.267. The molecule has 0 radical (unpaired) electrons. The summed E-state index contributed by atoms with van der Waals surface area (Å²) in [6.45, 7) is 2.01. The first-order valence-electron chi connectivity index (χ1n) is 7.47. The van der Waals surface area contributed by atoms with E-state index in [4.69, 9.17) is 4.52 Å². The van der Waals surface area contributed by atoms with Gasteiger partial charge in [0.1, 0.15) is 5.82 Å². The van der Waals surface area contributed by atoms with Crippen molar-refractivity contribution >= 4 is 10.0 Å². The highest BCUT2D eigenvalue weighted by Crippen LogP contribution is 2.34. The van der Waals surface area contributed by atoms with E-state index in [9.17, 15) is 12.8 Å². The molecule has 8 nitrogen and oxygen atoms in total. The van der Waals surface area contributed by atoms with Crippen molar-refractivity contribution in [3.63, 3.8) is 0 Å². The molecule has 0 fully saturated rings. The first-order chi connectivity index (χ1) is 11.9. The van der Waals surface area contributed by atoms with Crippen LogP contribution in [0.15, 0.2) is 33.7 Å². The zero-order valence-electron chi connectivity index (χ0n) is 13.5. The summed E-state index contributed by atoms with van der Waals surface area (Å²) in [6, 6.07) is 4.77.